The lowest BCUT2D eigenvalue weighted by molar-refractivity contribution is -0.132. The van der Waals surface area contributed by atoms with Gasteiger partial charge in [0.1, 0.15) is 11.5 Å². The monoisotopic (exact) mass is 499 g/mol. The highest BCUT2D eigenvalue weighted by Crippen LogP contribution is 2.44. The fourth-order valence-corrected chi connectivity index (χ4v) is 5.30. The number of amides is 1. The Kier molecular flexibility index (Phi) is 6.52. The number of aliphatic hydroxyl groups excluding tert-OH is 1. The van der Waals surface area contributed by atoms with Crippen LogP contribution in [0.5, 0.6) is 5.75 Å². The number of aromatic nitrogens is 2. The summed E-state index contributed by atoms with van der Waals surface area (Å²) in [5, 5.41) is 11.6. The second-order valence-electron chi connectivity index (χ2n) is 8.64. The van der Waals surface area contributed by atoms with Gasteiger partial charge in [0.2, 0.25) is 0 Å². The molecule has 182 valence electrons. The van der Waals surface area contributed by atoms with E-state index >= 15 is 0 Å². The maximum absolute atomic E-state index is 13.4. The van der Waals surface area contributed by atoms with Crippen LogP contribution in [0.15, 0.2) is 72.6 Å². The molecule has 1 atom stereocenters. The third kappa shape index (κ3) is 4.35. The lowest BCUT2D eigenvalue weighted by Gasteiger charge is -2.23. The maximum atomic E-state index is 13.4. The number of unbranched alkanes of at least 4 members (excludes halogenated alkanes) is 1. The topological polar surface area (TPSA) is 92.6 Å². The number of pyridine rings is 1. The molecule has 1 N–H and O–H groups in total. The average Bonchev–Trinajstić information content (AvgIpc) is 3.42. The van der Waals surface area contributed by atoms with Gasteiger partial charge in [-0.3, -0.25) is 19.5 Å². The van der Waals surface area contributed by atoms with Crippen LogP contribution < -0.4 is 9.64 Å². The van der Waals surface area contributed by atoms with Crippen LogP contribution in [0.3, 0.4) is 0 Å². The number of fused-ring (bicyclic) bond motifs is 1. The SMILES string of the molecule is CCCCOc1ccc(C2C(=C(O)c3ccncc3)C(=O)C(=O)N2c2nc3ccc(C)cc3s2)cc1. The molecule has 0 bridgehead atoms. The van der Waals surface area contributed by atoms with Gasteiger partial charge in [-0.2, -0.15) is 0 Å². The number of aliphatic hydroxyl groups is 1. The number of benzene rings is 2. The van der Waals surface area contributed by atoms with Gasteiger partial charge in [0, 0.05) is 18.0 Å². The summed E-state index contributed by atoms with van der Waals surface area (Å²) in [6, 6.07) is 15.5. The van der Waals surface area contributed by atoms with Crippen molar-refractivity contribution in [1.82, 2.24) is 9.97 Å². The number of hydrogen-bond acceptors (Lipinski definition) is 7. The minimum Gasteiger partial charge on any atom is -0.507 e. The van der Waals surface area contributed by atoms with E-state index < -0.39 is 17.7 Å². The zero-order chi connectivity index (χ0) is 25.2. The van der Waals surface area contributed by atoms with E-state index in [0.29, 0.717) is 28.6 Å². The zero-order valence-electron chi connectivity index (χ0n) is 20.0. The number of rotatable bonds is 7. The number of carbonyl (C=O) groups excluding carboxylic acids is 2. The molecule has 2 aromatic heterocycles. The first-order valence-electron chi connectivity index (χ1n) is 11.8. The molecule has 1 saturated heterocycles. The number of thiazole rings is 1. The summed E-state index contributed by atoms with van der Waals surface area (Å²) in [6.45, 7) is 4.70. The van der Waals surface area contributed by atoms with Gasteiger partial charge >= 0.3 is 5.91 Å². The Hall–Kier alpha value is -4.04. The van der Waals surface area contributed by atoms with Gasteiger partial charge in [0.15, 0.2) is 5.13 Å². The fourth-order valence-electron chi connectivity index (χ4n) is 4.21. The summed E-state index contributed by atoms with van der Waals surface area (Å²) >= 11 is 1.34. The number of carbonyl (C=O) groups is 2. The van der Waals surface area contributed by atoms with Crippen molar-refractivity contribution >= 4 is 44.1 Å². The number of aryl methyl sites for hydroxylation is 1. The molecule has 36 heavy (non-hydrogen) atoms. The minimum absolute atomic E-state index is 0.0151. The lowest BCUT2D eigenvalue weighted by atomic mass is 9.95. The van der Waals surface area contributed by atoms with E-state index in [1.165, 1.54) is 28.6 Å². The third-order valence-corrected chi connectivity index (χ3v) is 7.12. The number of Topliss-reactive ketones (excluding diaryl/α,β-unsaturated/α-hetero) is 1. The molecule has 0 spiro atoms. The molecule has 1 aliphatic heterocycles. The fraction of sp³-hybridized carbons (Fsp3) is 0.214. The molecule has 1 fully saturated rings. The Bertz CT molecular complexity index is 1460. The quantitative estimate of drug-likeness (QED) is 0.149. The molecular formula is C28H25N3O4S. The van der Waals surface area contributed by atoms with Gasteiger partial charge in [-0.25, -0.2) is 4.98 Å². The first-order chi connectivity index (χ1) is 17.5. The zero-order valence-corrected chi connectivity index (χ0v) is 20.8. The van der Waals surface area contributed by atoms with Crippen molar-refractivity contribution < 1.29 is 19.4 Å². The molecule has 0 aliphatic carbocycles. The number of hydrogen-bond donors (Lipinski definition) is 1. The third-order valence-electron chi connectivity index (χ3n) is 6.10. The molecule has 3 heterocycles. The number of ether oxygens (including phenoxy) is 1. The van der Waals surface area contributed by atoms with Crippen LogP contribution in [0.2, 0.25) is 0 Å². The van der Waals surface area contributed by atoms with Gasteiger partial charge in [-0.05, 0) is 60.9 Å². The first-order valence-corrected chi connectivity index (χ1v) is 12.6. The van der Waals surface area contributed by atoms with Crippen molar-refractivity contribution in [1.29, 1.82) is 0 Å². The first kappa shape index (κ1) is 23.7. The summed E-state index contributed by atoms with van der Waals surface area (Å²) < 4.78 is 6.70. The average molecular weight is 500 g/mol. The van der Waals surface area contributed by atoms with Gasteiger partial charge in [-0.15, -0.1) is 0 Å². The largest absolute Gasteiger partial charge is 0.507 e. The van der Waals surface area contributed by atoms with E-state index in [1.807, 2.05) is 49.4 Å². The lowest BCUT2D eigenvalue weighted by Crippen LogP contribution is -2.29. The molecule has 2 aromatic carbocycles. The van der Waals surface area contributed by atoms with Crippen LogP contribution >= 0.6 is 11.3 Å². The Labute approximate surface area is 212 Å². The van der Waals surface area contributed by atoms with E-state index in [9.17, 15) is 14.7 Å². The maximum Gasteiger partial charge on any atom is 0.301 e. The Morgan fingerprint density at radius 2 is 1.83 bits per heavy atom. The van der Waals surface area contributed by atoms with Crippen LogP contribution in [-0.4, -0.2) is 33.4 Å². The number of nitrogens with zero attached hydrogens (tertiary/aromatic N) is 3. The van der Waals surface area contributed by atoms with Crippen molar-refractivity contribution in [2.75, 3.05) is 11.5 Å². The Morgan fingerprint density at radius 3 is 2.56 bits per heavy atom. The number of anilines is 1. The summed E-state index contributed by atoms with van der Waals surface area (Å²) in [7, 11) is 0. The highest BCUT2D eigenvalue weighted by Gasteiger charge is 2.48. The van der Waals surface area contributed by atoms with E-state index in [2.05, 4.69) is 16.9 Å². The highest BCUT2D eigenvalue weighted by molar-refractivity contribution is 7.22. The van der Waals surface area contributed by atoms with Gasteiger partial charge in [-0.1, -0.05) is 42.9 Å². The van der Waals surface area contributed by atoms with Crippen molar-refractivity contribution in [3.8, 4) is 5.75 Å². The molecule has 8 heteroatoms. The van der Waals surface area contributed by atoms with Gasteiger partial charge in [0.05, 0.1) is 28.4 Å². The summed E-state index contributed by atoms with van der Waals surface area (Å²) in [5.74, 6) is -1.03. The smallest absolute Gasteiger partial charge is 0.301 e. The standard InChI is InChI=1S/C28H25N3O4S/c1-3-4-15-35-20-8-6-18(7-9-20)24-23(25(32)19-11-13-29-14-12-19)26(33)27(34)31(24)28-30-21-10-5-17(2)16-22(21)36-28/h5-14,16,24,32H,3-4,15H2,1-2H3. The van der Waals surface area contributed by atoms with Crippen molar-refractivity contribution in [3.63, 3.8) is 0 Å². The van der Waals surface area contributed by atoms with Gasteiger partial charge in [0.25, 0.3) is 5.78 Å². The molecule has 7 nitrogen and oxygen atoms in total. The molecule has 0 saturated carbocycles. The van der Waals surface area contributed by atoms with Gasteiger partial charge < -0.3 is 9.84 Å². The van der Waals surface area contributed by atoms with E-state index in [0.717, 1.165) is 28.6 Å². The normalized spacial score (nSPS) is 17.2. The molecule has 1 unspecified atom stereocenters. The molecule has 0 radical (unpaired) electrons. The van der Waals surface area contributed by atoms with Crippen LogP contribution in [-0.2, 0) is 9.59 Å². The van der Waals surface area contributed by atoms with E-state index in [4.69, 9.17) is 4.74 Å². The molecule has 5 rings (SSSR count). The summed E-state index contributed by atoms with van der Waals surface area (Å²) in [4.78, 5) is 36.7. The molecular weight excluding hydrogens is 474 g/mol. The van der Waals surface area contributed by atoms with Crippen molar-refractivity contribution in [3.05, 3.63) is 89.3 Å². The second kappa shape index (κ2) is 9.91. The Balaban J connectivity index is 1.63. The molecule has 1 aliphatic rings. The predicted molar refractivity (Wildman–Crippen MR) is 140 cm³/mol. The van der Waals surface area contributed by atoms with E-state index in [-0.39, 0.29) is 11.3 Å². The highest BCUT2D eigenvalue weighted by atomic mass is 32.1. The summed E-state index contributed by atoms with van der Waals surface area (Å²) in [6.07, 6.45) is 5.03. The van der Waals surface area contributed by atoms with Crippen molar-refractivity contribution in [2.45, 2.75) is 32.7 Å². The van der Waals surface area contributed by atoms with Crippen LogP contribution in [0, 0.1) is 6.92 Å². The van der Waals surface area contributed by atoms with Crippen LogP contribution in [0.1, 0.15) is 42.5 Å². The van der Waals surface area contributed by atoms with Crippen molar-refractivity contribution in [2.24, 2.45) is 0 Å². The van der Waals surface area contributed by atoms with Crippen LogP contribution in [0.4, 0.5) is 5.13 Å². The summed E-state index contributed by atoms with van der Waals surface area (Å²) in [5.41, 5.74) is 2.92. The van der Waals surface area contributed by atoms with E-state index in [1.54, 1.807) is 12.1 Å². The molecule has 1 amide bonds. The predicted octanol–water partition coefficient (Wildman–Crippen LogP) is 5.80. The minimum atomic E-state index is -0.843. The van der Waals surface area contributed by atoms with Crippen LogP contribution in [0.25, 0.3) is 16.0 Å². The molecule has 4 aromatic rings. The second-order valence-corrected chi connectivity index (χ2v) is 9.65. The number of ketones is 1. The Morgan fingerprint density at radius 1 is 1.08 bits per heavy atom.